The van der Waals surface area contributed by atoms with E-state index >= 15 is 33.6 Å². The molecule has 11 amide bonds. The summed E-state index contributed by atoms with van der Waals surface area (Å²) in [5.74, 6) is -10.0. The summed E-state index contributed by atoms with van der Waals surface area (Å²) in [5.41, 5.74) is 0. The van der Waals surface area contributed by atoms with Crippen molar-refractivity contribution < 1.29 is 67.3 Å². The van der Waals surface area contributed by atoms with Crippen LogP contribution < -0.4 is 21.3 Å². The fourth-order valence-corrected chi connectivity index (χ4v) is 12.8. The van der Waals surface area contributed by atoms with Gasteiger partial charge in [-0.2, -0.15) is 0 Å². The number of hydrogen-bond donors (Lipinski definition) is 5. The van der Waals surface area contributed by atoms with Crippen molar-refractivity contribution in [3.8, 4) is 0 Å². The van der Waals surface area contributed by atoms with Gasteiger partial charge >= 0.3 is 0 Å². The molecule has 96 heavy (non-hydrogen) atoms. The summed E-state index contributed by atoms with van der Waals surface area (Å²) in [6, 6.07) is -14.1. The number of nitrogens with one attached hydrogen (secondary N) is 4. The van der Waals surface area contributed by atoms with Crippen LogP contribution in [0.5, 0.6) is 0 Å². The van der Waals surface area contributed by atoms with Crippen LogP contribution in [0.15, 0.2) is 12.2 Å². The van der Waals surface area contributed by atoms with E-state index in [1.54, 1.807) is 81.4 Å². The van der Waals surface area contributed by atoms with E-state index in [0.29, 0.717) is 19.6 Å². The second-order valence-electron chi connectivity index (χ2n) is 28.5. The van der Waals surface area contributed by atoms with E-state index in [9.17, 15) is 24.3 Å². The van der Waals surface area contributed by atoms with E-state index in [0.717, 1.165) is 31.0 Å². The molecule has 2 saturated heterocycles. The Morgan fingerprint density at radius 1 is 0.500 bits per heavy atom. The van der Waals surface area contributed by atoms with Crippen LogP contribution in [0.1, 0.15) is 170 Å². The smallest absolute Gasteiger partial charge is 0.246 e. The van der Waals surface area contributed by atoms with Gasteiger partial charge in [0.25, 0.3) is 0 Å². The van der Waals surface area contributed by atoms with Crippen LogP contribution >= 0.6 is 0 Å². The number of allylic oxidation sites excluding steroid dienone is 1. The molecule has 0 aromatic carbocycles. The largest absolute Gasteiger partial charge is 0.390 e. The van der Waals surface area contributed by atoms with Crippen molar-refractivity contribution in [3.05, 3.63) is 12.2 Å². The minimum atomic E-state index is -1.66. The molecule has 5 N–H and O–H groups in total. The molecule has 26 nitrogen and oxygen atoms in total. The van der Waals surface area contributed by atoms with Crippen molar-refractivity contribution in [2.24, 2.45) is 35.5 Å². The first-order valence-corrected chi connectivity index (χ1v) is 35.1. The van der Waals surface area contributed by atoms with Gasteiger partial charge < -0.3 is 70.1 Å². The Kier molecular flexibility index (Phi) is 36.3. The molecule has 0 spiro atoms. The van der Waals surface area contributed by atoms with Gasteiger partial charge in [0.2, 0.25) is 65.0 Å². The Labute approximate surface area is 574 Å². The number of likely N-dealkylation sites (N-methyl/N-ethyl adjacent to an activating group) is 7. The molecule has 0 aromatic rings. The van der Waals surface area contributed by atoms with Crippen LogP contribution in [0, 0.1) is 35.5 Å². The average Bonchev–Trinajstić information content (AvgIpc) is 0.846. The van der Waals surface area contributed by atoms with Gasteiger partial charge in [-0.1, -0.05) is 102 Å². The molecular formula is C70H126N12O14. The zero-order valence-electron chi connectivity index (χ0n) is 62.9. The third-order valence-electron chi connectivity index (χ3n) is 18.7. The SMILES string of the molecule is C/C=C/[C@@H](C)[C@@H](O)[C@H]1C(=O)N[C@@H](CC)C(=O)N(CC)[C@H](CC)C(=O)N(C)C([C@@H](C)OCCCCN2CCOCC2)C(=O)N[C@@H](C(C)C)C(=O)N(C)[C@@H](CC(C)C)C(=O)N[C@@H](C)C(=O)N[C@H](C)C(=O)N(C)[C@@H](CC(C)C)C(=O)N(C)[C@@H](CC(C)C)C(=O)N(C)[C@@H](C(C)C)C(=O)N1C. The Morgan fingerprint density at radius 3 is 1.46 bits per heavy atom. The molecule has 550 valence electrons. The van der Waals surface area contributed by atoms with E-state index in [4.69, 9.17) is 9.47 Å². The van der Waals surface area contributed by atoms with Crippen LogP contribution in [0.25, 0.3) is 0 Å². The van der Waals surface area contributed by atoms with Crippen molar-refractivity contribution in [1.29, 1.82) is 0 Å². The van der Waals surface area contributed by atoms with Crippen LogP contribution in [0.2, 0.25) is 0 Å². The van der Waals surface area contributed by atoms with Crippen molar-refractivity contribution in [2.75, 3.05) is 88.3 Å². The van der Waals surface area contributed by atoms with Crippen molar-refractivity contribution >= 4 is 65.0 Å². The molecule has 2 heterocycles. The molecule has 14 atom stereocenters. The van der Waals surface area contributed by atoms with Crippen molar-refractivity contribution in [3.63, 3.8) is 0 Å². The van der Waals surface area contributed by atoms with Gasteiger partial charge in [-0.3, -0.25) is 57.6 Å². The topological polar surface area (TPSA) is 300 Å². The highest BCUT2D eigenvalue weighted by Crippen LogP contribution is 2.26. The third kappa shape index (κ3) is 23.7. The van der Waals surface area contributed by atoms with Crippen LogP contribution in [-0.2, 0) is 62.2 Å². The van der Waals surface area contributed by atoms with Gasteiger partial charge in [0.1, 0.15) is 66.5 Å². The van der Waals surface area contributed by atoms with Gasteiger partial charge in [0, 0.05) is 74.4 Å². The normalized spacial score (nSPS) is 27.4. The second-order valence-corrected chi connectivity index (χ2v) is 28.5. The summed E-state index contributed by atoms with van der Waals surface area (Å²) in [6.45, 7) is 35.0. The first-order chi connectivity index (χ1) is 44.8. The first kappa shape index (κ1) is 85.8. The summed E-state index contributed by atoms with van der Waals surface area (Å²) < 4.78 is 11.9. The number of aliphatic hydroxyl groups excluding tert-OH is 1. The number of hydrogen-bond acceptors (Lipinski definition) is 15. The molecule has 26 heteroatoms. The lowest BCUT2D eigenvalue weighted by Gasteiger charge is -2.41. The third-order valence-corrected chi connectivity index (χ3v) is 18.7. The predicted octanol–water partition coefficient (Wildman–Crippen LogP) is 3.52. The summed E-state index contributed by atoms with van der Waals surface area (Å²) in [4.78, 5) is 175. The van der Waals surface area contributed by atoms with Gasteiger partial charge in [-0.25, -0.2) is 0 Å². The lowest BCUT2D eigenvalue weighted by atomic mass is 9.93. The Balaban J connectivity index is 3.06. The van der Waals surface area contributed by atoms with Crippen LogP contribution in [0.3, 0.4) is 0 Å². The highest BCUT2D eigenvalue weighted by molar-refractivity contribution is 6.00. The van der Waals surface area contributed by atoms with Crippen molar-refractivity contribution in [1.82, 2.24) is 60.5 Å². The molecule has 2 aliphatic rings. The number of aliphatic hydroxyl groups is 1. The van der Waals surface area contributed by atoms with Gasteiger partial charge in [-0.05, 0) is 116 Å². The van der Waals surface area contributed by atoms with E-state index < -0.39 is 161 Å². The molecule has 2 fully saturated rings. The quantitative estimate of drug-likeness (QED) is 0.0812. The number of nitrogens with zero attached hydrogens (tertiary/aromatic N) is 8. The molecule has 2 aliphatic heterocycles. The van der Waals surface area contributed by atoms with Gasteiger partial charge in [0.15, 0.2) is 0 Å². The summed E-state index contributed by atoms with van der Waals surface area (Å²) in [6.07, 6.45) is 2.66. The minimum Gasteiger partial charge on any atom is -0.390 e. The molecule has 2 rings (SSSR count). The number of carbonyl (C=O) groups excluding carboxylic acids is 11. The van der Waals surface area contributed by atoms with Crippen LogP contribution in [0.4, 0.5) is 0 Å². The number of carbonyl (C=O) groups is 11. The number of morpholine rings is 1. The van der Waals surface area contributed by atoms with E-state index in [-0.39, 0.29) is 63.0 Å². The Morgan fingerprint density at radius 2 is 0.969 bits per heavy atom. The maximum absolute atomic E-state index is 15.3. The fourth-order valence-electron chi connectivity index (χ4n) is 12.8. The molecule has 0 aromatic heterocycles. The highest BCUT2D eigenvalue weighted by atomic mass is 16.5. The van der Waals surface area contributed by atoms with Crippen LogP contribution in [-0.4, -0.2) is 276 Å². The maximum Gasteiger partial charge on any atom is 0.246 e. The molecule has 1 unspecified atom stereocenters. The zero-order valence-corrected chi connectivity index (χ0v) is 62.9. The van der Waals surface area contributed by atoms with Gasteiger partial charge in [-0.15, -0.1) is 0 Å². The standard InChI is InChI=1S/C70H126N12O14/c1-25-31-46(15)59(83)58-63(87)73-50(26-2)65(89)82(28-4)51(27-3)66(90)79(23)57(49(18)96-35-30-29-32-81-33-36-95-37-34-81)62(86)74-55(44(11)12)69(93)75(19)52(38-41(5)6)61(85)71-47(16)60(84)72-48(17)64(88)76(20)53(39-42(7)8)67(91)77(21)54(40-43(9)10)68(92)78(22)56(45(13)14)70(94)80(58)24/h25,31,41-59,83H,26-30,32-40H2,1-24H3,(H,71,85)(H,72,84)(H,73,87)(H,74,86)/b31-25+/t46-,47+,48-,49-,50+,51-,52+,53+,54+,55+,56+,57?,58+,59-/m1/s1. The zero-order chi connectivity index (χ0) is 73.5. The molecular weight excluding hydrogens is 1230 g/mol. The van der Waals surface area contributed by atoms with Crippen molar-refractivity contribution in [2.45, 2.75) is 248 Å². The molecule has 0 bridgehead atoms. The Hall–Kier alpha value is -6.25. The number of unbranched alkanes of at least 4 members (excludes halogenated alkanes) is 1. The predicted molar refractivity (Wildman–Crippen MR) is 370 cm³/mol. The summed E-state index contributed by atoms with van der Waals surface area (Å²) >= 11 is 0. The molecule has 0 radical (unpaired) electrons. The second kappa shape index (κ2) is 40.6. The van der Waals surface area contributed by atoms with E-state index in [1.165, 1.54) is 85.5 Å². The first-order valence-electron chi connectivity index (χ1n) is 35.1. The van der Waals surface area contributed by atoms with E-state index in [1.807, 2.05) is 41.5 Å². The maximum atomic E-state index is 15.3. The molecule has 0 aliphatic carbocycles. The summed E-state index contributed by atoms with van der Waals surface area (Å²) in [7, 11) is 8.56. The monoisotopic (exact) mass is 1360 g/mol. The Bertz CT molecular complexity index is 2600. The van der Waals surface area contributed by atoms with E-state index in [2.05, 4.69) is 26.2 Å². The number of ether oxygens (including phenoxy) is 2. The lowest BCUT2D eigenvalue weighted by Crippen LogP contribution is -2.64. The fraction of sp³-hybridized carbons (Fsp3) is 0.814. The highest BCUT2D eigenvalue weighted by Gasteiger charge is 2.47. The average molecular weight is 1360 g/mol. The summed E-state index contributed by atoms with van der Waals surface area (Å²) in [5, 5.41) is 23.4. The lowest BCUT2D eigenvalue weighted by molar-refractivity contribution is -0.157. The number of rotatable bonds is 21. The minimum absolute atomic E-state index is 0.00298. The molecule has 0 saturated carbocycles. The number of amides is 11. The van der Waals surface area contributed by atoms with Gasteiger partial charge in [0.05, 0.1) is 25.4 Å².